The van der Waals surface area contributed by atoms with Gasteiger partial charge in [0, 0.05) is 5.56 Å². The summed E-state index contributed by atoms with van der Waals surface area (Å²) in [6.45, 7) is 1.36. The Labute approximate surface area is 73.0 Å². The van der Waals surface area contributed by atoms with Gasteiger partial charge in [-0.2, -0.15) is 0 Å². The smallest absolute Gasteiger partial charge is 0.252 e. The quantitative estimate of drug-likeness (QED) is 0.623. The van der Waals surface area contributed by atoms with Gasteiger partial charge in [0.15, 0.2) is 11.6 Å². The van der Waals surface area contributed by atoms with E-state index in [1.807, 2.05) is 0 Å². The van der Waals surface area contributed by atoms with Crippen LogP contribution in [0.4, 0.5) is 8.78 Å². The van der Waals surface area contributed by atoms with Crippen LogP contribution in [-0.2, 0) is 0 Å². The Kier molecular flexibility index (Phi) is 2.43. The van der Waals surface area contributed by atoms with Crippen LogP contribution in [0.2, 0.25) is 0 Å². The van der Waals surface area contributed by atoms with Crippen LogP contribution < -0.4 is 0 Å². The van der Waals surface area contributed by atoms with Crippen molar-refractivity contribution in [3.63, 3.8) is 0 Å². The number of benzene rings is 1. The van der Waals surface area contributed by atoms with Crippen molar-refractivity contribution < 1.29 is 13.6 Å². The topological polar surface area (TPSA) is 17.1 Å². The molecule has 0 bridgehead atoms. The molecule has 0 aliphatic carbocycles. The lowest BCUT2D eigenvalue weighted by Gasteiger charge is -1.99. The maximum Gasteiger partial charge on any atom is 0.252 e. The summed E-state index contributed by atoms with van der Waals surface area (Å²) in [6.07, 6.45) is 0. The molecule has 0 radical (unpaired) electrons. The molecule has 0 saturated carbocycles. The summed E-state index contributed by atoms with van der Waals surface area (Å²) in [5, 5.41) is -0.794. The summed E-state index contributed by atoms with van der Waals surface area (Å²) in [5.74, 6) is -2.00. The van der Waals surface area contributed by atoms with E-state index in [1.54, 1.807) is 0 Å². The molecule has 0 spiro atoms. The van der Waals surface area contributed by atoms with E-state index in [1.165, 1.54) is 13.0 Å². The SMILES string of the molecule is Cc1cc(C(=O)Cl)cc(F)c1F. The average molecular weight is 191 g/mol. The third-order valence-corrected chi connectivity index (χ3v) is 1.66. The molecule has 0 heterocycles. The van der Waals surface area contributed by atoms with Crippen LogP contribution >= 0.6 is 11.6 Å². The zero-order valence-corrected chi connectivity index (χ0v) is 6.95. The zero-order chi connectivity index (χ0) is 9.30. The minimum atomic E-state index is -1.06. The zero-order valence-electron chi connectivity index (χ0n) is 6.20. The molecular formula is C8H5ClF2O. The van der Waals surface area contributed by atoms with Crippen molar-refractivity contribution in [2.45, 2.75) is 6.92 Å². The average Bonchev–Trinajstić information content (AvgIpc) is 1.99. The van der Waals surface area contributed by atoms with Gasteiger partial charge in [0.05, 0.1) is 0 Å². The van der Waals surface area contributed by atoms with Crippen molar-refractivity contribution in [1.82, 2.24) is 0 Å². The maximum atomic E-state index is 12.6. The van der Waals surface area contributed by atoms with Gasteiger partial charge in [0.2, 0.25) is 0 Å². The summed E-state index contributed by atoms with van der Waals surface area (Å²) in [4.78, 5) is 10.5. The van der Waals surface area contributed by atoms with Gasteiger partial charge in [-0.05, 0) is 36.2 Å². The Morgan fingerprint density at radius 3 is 2.42 bits per heavy atom. The van der Waals surface area contributed by atoms with E-state index in [9.17, 15) is 13.6 Å². The molecule has 0 unspecified atom stereocenters. The maximum absolute atomic E-state index is 12.6. The van der Waals surface area contributed by atoms with Crippen LogP contribution in [-0.4, -0.2) is 5.24 Å². The lowest BCUT2D eigenvalue weighted by molar-refractivity contribution is 0.108. The van der Waals surface area contributed by atoms with Crippen LogP contribution in [0.25, 0.3) is 0 Å². The highest BCUT2D eigenvalue weighted by Gasteiger charge is 2.10. The molecule has 1 rings (SSSR count). The predicted octanol–water partition coefficient (Wildman–Crippen LogP) is 2.65. The fraction of sp³-hybridized carbons (Fsp3) is 0.125. The van der Waals surface area contributed by atoms with Gasteiger partial charge in [0.1, 0.15) is 0 Å². The van der Waals surface area contributed by atoms with Gasteiger partial charge in [-0.3, -0.25) is 4.79 Å². The highest BCUT2D eigenvalue weighted by atomic mass is 35.5. The molecule has 0 atom stereocenters. The predicted molar refractivity (Wildman–Crippen MR) is 41.3 cm³/mol. The number of carbonyl (C=O) groups excluding carboxylic acids is 1. The first kappa shape index (κ1) is 9.13. The van der Waals surface area contributed by atoms with E-state index in [2.05, 4.69) is 0 Å². The molecule has 0 fully saturated rings. The van der Waals surface area contributed by atoms with Crippen molar-refractivity contribution in [1.29, 1.82) is 0 Å². The third kappa shape index (κ3) is 1.61. The van der Waals surface area contributed by atoms with Crippen molar-refractivity contribution in [3.8, 4) is 0 Å². The highest BCUT2D eigenvalue weighted by molar-refractivity contribution is 6.67. The molecule has 0 aliphatic rings. The van der Waals surface area contributed by atoms with Crippen LogP contribution in [0.15, 0.2) is 12.1 Å². The minimum Gasteiger partial charge on any atom is -0.276 e. The van der Waals surface area contributed by atoms with E-state index in [0.717, 1.165) is 6.07 Å². The molecule has 12 heavy (non-hydrogen) atoms. The van der Waals surface area contributed by atoms with Crippen LogP contribution in [0.5, 0.6) is 0 Å². The van der Waals surface area contributed by atoms with Gasteiger partial charge in [-0.1, -0.05) is 0 Å². The molecule has 1 nitrogen and oxygen atoms in total. The Balaban J connectivity index is 3.31. The monoisotopic (exact) mass is 190 g/mol. The van der Waals surface area contributed by atoms with E-state index in [4.69, 9.17) is 11.6 Å². The molecule has 0 aromatic heterocycles. The molecule has 0 amide bonds. The molecule has 0 saturated heterocycles. The molecule has 1 aromatic rings. The van der Waals surface area contributed by atoms with Gasteiger partial charge < -0.3 is 0 Å². The van der Waals surface area contributed by atoms with Crippen molar-refractivity contribution in [2.24, 2.45) is 0 Å². The molecule has 4 heteroatoms. The van der Waals surface area contributed by atoms with E-state index in [0.29, 0.717) is 0 Å². The summed E-state index contributed by atoms with van der Waals surface area (Å²) < 4.78 is 25.3. The molecule has 0 N–H and O–H groups in total. The number of hydrogen-bond acceptors (Lipinski definition) is 1. The number of rotatable bonds is 1. The van der Waals surface area contributed by atoms with Crippen LogP contribution in [0, 0.1) is 18.6 Å². The second-order valence-electron chi connectivity index (χ2n) is 2.36. The summed E-state index contributed by atoms with van der Waals surface area (Å²) in [7, 11) is 0. The Bertz CT molecular complexity index is 313. The number of aryl methyl sites for hydroxylation is 1. The lowest BCUT2D eigenvalue weighted by Crippen LogP contribution is -1.96. The normalized spacial score (nSPS) is 10.0. The van der Waals surface area contributed by atoms with Crippen LogP contribution in [0.1, 0.15) is 15.9 Å². The Morgan fingerprint density at radius 1 is 1.42 bits per heavy atom. The van der Waals surface area contributed by atoms with Crippen molar-refractivity contribution in [3.05, 3.63) is 34.9 Å². The fourth-order valence-electron chi connectivity index (χ4n) is 0.840. The Hall–Kier alpha value is -0.960. The summed E-state index contributed by atoms with van der Waals surface area (Å²) >= 11 is 5.07. The Morgan fingerprint density at radius 2 is 2.00 bits per heavy atom. The second kappa shape index (κ2) is 3.19. The van der Waals surface area contributed by atoms with Crippen molar-refractivity contribution in [2.75, 3.05) is 0 Å². The number of hydrogen-bond donors (Lipinski definition) is 0. The van der Waals surface area contributed by atoms with E-state index >= 15 is 0 Å². The fourth-order valence-corrected chi connectivity index (χ4v) is 0.949. The standard InChI is InChI=1S/C8H5ClF2O/c1-4-2-5(8(9)12)3-6(10)7(4)11/h2-3H,1H3. The second-order valence-corrected chi connectivity index (χ2v) is 2.71. The lowest BCUT2D eigenvalue weighted by atomic mass is 10.1. The third-order valence-electron chi connectivity index (χ3n) is 1.44. The molecule has 0 aliphatic heterocycles. The summed E-state index contributed by atoms with van der Waals surface area (Å²) in [6, 6.07) is 1.98. The first-order valence-electron chi connectivity index (χ1n) is 3.18. The van der Waals surface area contributed by atoms with Crippen molar-refractivity contribution >= 4 is 16.8 Å². The van der Waals surface area contributed by atoms with Gasteiger partial charge in [-0.25, -0.2) is 8.78 Å². The largest absolute Gasteiger partial charge is 0.276 e. The molecule has 64 valence electrons. The first-order chi connectivity index (χ1) is 5.52. The first-order valence-corrected chi connectivity index (χ1v) is 3.55. The molecular weight excluding hydrogens is 186 g/mol. The van der Waals surface area contributed by atoms with Gasteiger partial charge >= 0.3 is 0 Å². The number of carbonyl (C=O) groups is 1. The van der Waals surface area contributed by atoms with Crippen LogP contribution in [0.3, 0.4) is 0 Å². The number of halogens is 3. The highest BCUT2D eigenvalue weighted by Crippen LogP contribution is 2.15. The van der Waals surface area contributed by atoms with E-state index in [-0.39, 0.29) is 11.1 Å². The van der Waals surface area contributed by atoms with Gasteiger partial charge in [0.25, 0.3) is 5.24 Å². The van der Waals surface area contributed by atoms with Gasteiger partial charge in [-0.15, -0.1) is 0 Å². The van der Waals surface area contributed by atoms with E-state index < -0.39 is 16.9 Å². The minimum absolute atomic E-state index is 0.0342. The molecule has 1 aromatic carbocycles. The summed E-state index contributed by atoms with van der Waals surface area (Å²) in [5.41, 5.74) is 0.0343.